The van der Waals surface area contributed by atoms with Crippen molar-refractivity contribution in [1.82, 2.24) is 15.5 Å². The van der Waals surface area contributed by atoms with E-state index in [-0.39, 0.29) is 47.8 Å². The first-order valence-corrected chi connectivity index (χ1v) is 10.3. The number of halogens is 2. The number of hydrogen-bond donors (Lipinski definition) is 2. The Morgan fingerprint density at radius 1 is 1.24 bits per heavy atom. The number of rotatable bonds is 7. The van der Waals surface area contributed by atoms with E-state index in [0.29, 0.717) is 6.54 Å². The molecule has 3 unspecified atom stereocenters. The van der Waals surface area contributed by atoms with E-state index in [1.54, 1.807) is 12.3 Å². The van der Waals surface area contributed by atoms with Crippen molar-refractivity contribution in [3.05, 3.63) is 59.8 Å². The van der Waals surface area contributed by atoms with Crippen LogP contribution in [0.4, 0.5) is 4.39 Å². The third-order valence-corrected chi connectivity index (χ3v) is 5.64. The van der Waals surface area contributed by atoms with Gasteiger partial charge in [0.1, 0.15) is 11.6 Å². The Labute approximate surface area is 189 Å². The lowest BCUT2D eigenvalue weighted by Gasteiger charge is -2.24. The van der Waals surface area contributed by atoms with Crippen molar-refractivity contribution in [2.75, 3.05) is 26.2 Å². The summed E-state index contributed by atoms with van der Waals surface area (Å²) < 4.78 is 19.7. The number of nitrogens with one attached hydrogen (secondary N) is 2. The van der Waals surface area contributed by atoms with Gasteiger partial charge in [0, 0.05) is 18.5 Å². The highest BCUT2D eigenvalue weighted by atomic mass is 127. The molecule has 0 bridgehead atoms. The number of guanidine groups is 1. The predicted molar refractivity (Wildman–Crippen MR) is 124 cm³/mol. The summed E-state index contributed by atoms with van der Waals surface area (Å²) in [6.07, 6.45) is 5.12. The zero-order valence-electron chi connectivity index (χ0n) is 16.8. The first-order valence-electron chi connectivity index (χ1n) is 10.3. The van der Waals surface area contributed by atoms with E-state index in [2.05, 4.69) is 22.5 Å². The van der Waals surface area contributed by atoms with Crippen molar-refractivity contribution < 1.29 is 8.81 Å². The number of likely N-dealkylation sites (tertiary alicyclic amines) is 1. The van der Waals surface area contributed by atoms with Gasteiger partial charge in [0.05, 0.1) is 18.8 Å². The van der Waals surface area contributed by atoms with E-state index in [4.69, 9.17) is 9.41 Å². The molecule has 158 valence electrons. The number of furan rings is 1. The van der Waals surface area contributed by atoms with Crippen molar-refractivity contribution in [1.29, 1.82) is 0 Å². The third kappa shape index (κ3) is 5.51. The molecule has 1 saturated carbocycles. The molecule has 2 fully saturated rings. The molecule has 2 heterocycles. The molecule has 1 aliphatic carbocycles. The molecule has 29 heavy (non-hydrogen) atoms. The molecular weight excluding hydrogens is 482 g/mol. The van der Waals surface area contributed by atoms with Gasteiger partial charge >= 0.3 is 0 Å². The Kier molecular flexibility index (Phi) is 7.94. The largest absolute Gasteiger partial charge is 0.468 e. The standard InChI is InChI=1S/C22H29FN4O.HI/c1-2-24-22(26-19-14-17(19)16-8-3-4-9-18(16)23)25-15-20(21-10-7-13-28-21)27-11-5-6-12-27;/h3-4,7-10,13,17,19-20H,2,5-6,11-12,14-15H2,1H3,(H2,24,25,26);1H. The average molecular weight is 512 g/mol. The van der Waals surface area contributed by atoms with Crippen LogP contribution in [0.5, 0.6) is 0 Å². The Bertz CT molecular complexity index is 792. The molecule has 7 heteroatoms. The van der Waals surface area contributed by atoms with E-state index in [1.807, 2.05) is 24.3 Å². The van der Waals surface area contributed by atoms with Gasteiger partial charge in [-0.25, -0.2) is 4.39 Å². The number of aliphatic imine (C=N–C) groups is 1. The van der Waals surface area contributed by atoms with Crippen LogP contribution in [0, 0.1) is 5.82 Å². The van der Waals surface area contributed by atoms with Crippen molar-refractivity contribution >= 4 is 29.9 Å². The summed E-state index contributed by atoms with van der Waals surface area (Å²) in [5, 5.41) is 6.81. The van der Waals surface area contributed by atoms with Crippen LogP contribution in [0.1, 0.15) is 49.5 Å². The maximum atomic E-state index is 14.0. The quantitative estimate of drug-likeness (QED) is 0.331. The fraction of sp³-hybridized carbons (Fsp3) is 0.500. The lowest BCUT2D eigenvalue weighted by molar-refractivity contribution is 0.221. The molecule has 0 spiro atoms. The highest BCUT2D eigenvalue weighted by Gasteiger charge is 2.40. The first kappa shape index (κ1) is 22.1. The Morgan fingerprint density at radius 2 is 2.03 bits per heavy atom. The Hall–Kier alpha value is -1.61. The third-order valence-electron chi connectivity index (χ3n) is 5.64. The van der Waals surface area contributed by atoms with Gasteiger partial charge in [-0.05, 0) is 63.0 Å². The highest BCUT2D eigenvalue weighted by molar-refractivity contribution is 14.0. The number of hydrogen-bond acceptors (Lipinski definition) is 3. The lowest BCUT2D eigenvalue weighted by Crippen LogP contribution is -2.40. The first-order chi connectivity index (χ1) is 13.8. The van der Waals surface area contributed by atoms with Gasteiger partial charge < -0.3 is 15.1 Å². The summed E-state index contributed by atoms with van der Waals surface area (Å²) in [5.74, 6) is 1.86. The maximum Gasteiger partial charge on any atom is 0.191 e. The van der Waals surface area contributed by atoms with Crippen LogP contribution < -0.4 is 10.6 Å². The Balaban J connectivity index is 0.00000240. The molecule has 1 saturated heterocycles. The molecule has 5 nitrogen and oxygen atoms in total. The highest BCUT2D eigenvalue weighted by Crippen LogP contribution is 2.41. The SMILES string of the molecule is CCNC(=NCC(c1ccco1)N1CCCC1)NC1CC1c1ccccc1F.I. The molecule has 4 rings (SSSR count). The number of nitrogens with zero attached hydrogens (tertiary/aromatic N) is 2. The van der Waals surface area contributed by atoms with Gasteiger partial charge in [-0.3, -0.25) is 9.89 Å². The molecule has 1 aromatic heterocycles. The average Bonchev–Trinajstić information content (AvgIpc) is 3.09. The fourth-order valence-electron chi connectivity index (χ4n) is 4.07. The summed E-state index contributed by atoms with van der Waals surface area (Å²) in [5.41, 5.74) is 0.793. The monoisotopic (exact) mass is 512 g/mol. The van der Waals surface area contributed by atoms with Crippen LogP contribution in [0.25, 0.3) is 0 Å². The van der Waals surface area contributed by atoms with Gasteiger partial charge in [0.25, 0.3) is 0 Å². The van der Waals surface area contributed by atoms with E-state index in [1.165, 1.54) is 18.9 Å². The van der Waals surface area contributed by atoms with Crippen LogP contribution in [0.3, 0.4) is 0 Å². The minimum atomic E-state index is -0.120. The van der Waals surface area contributed by atoms with Crippen molar-refractivity contribution in [3.63, 3.8) is 0 Å². The van der Waals surface area contributed by atoms with Gasteiger partial charge in [0.2, 0.25) is 0 Å². The predicted octanol–water partition coefficient (Wildman–Crippen LogP) is 4.28. The molecule has 0 amide bonds. The molecule has 2 N–H and O–H groups in total. The van der Waals surface area contributed by atoms with E-state index >= 15 is 0 Å². The van der Waals surface area contributed by atoms with Crippen LogP contribution >= 0.6 is 24.0 Å². The van der Waals surface area contributed by atoms with Gasteiger partial charge in [0.15, 0.2) is 5.96 Å². The summed E-state index contributed by atoms with van der Waals surface area (Å²) >= 11 is 0. The molecule has 3 atom stereocenters. The topological polar surface area (TPSA) is 52.8 Å². The summed E-state index contributed by atoms with van der Waals surface area (Å²) in [6.45, 7) is 5.66. The van der Waals surface area contributed by atoms with Crippen LogP contribution in [-0.2, 0) is 0 Å². The zero-order valence-corrected chi connectivity index (χ0v) is 19.1. The molecule has 2 aliphatic rings. The fourth-order valence-corrected chi connectivity index (χ4v) is 4.07. The molecular formula is C22H30FIN4O. The lowest BCUT2D eigenvalue weighted by atomic mass is 10.1. The van der Waals surface area contributed by atoms with Gasteiger partial charge in [-0.2, -0.15) is 0 Å². The summed E-state index contributed by atoms with van der Waals surface area (Å²) in [7, 11) is 0. The van der Waals surface area contributed by atoms with Gasteiger partial charge in [-0.1, -0.05) is 18.2 Å². The van der Waals surface area contributed by atoms with E-state index in [0.717, 1.165) is 43.3 Å². The van der Waals surface area contributed by atoms with Gasteiger partial charge in [-0.15, -0.1) is 24.0 Å². The second-order valence-corrected chi connectivity index (χ2v) is 7.61. The van der Waals surface area contributed by atoms with Crippen molar-refractivity contribution in [2.24, 2.45) is 4.99 Å². The second kappa shape index (κ2) is 10.4. The Morgan fingerprint density at radius 3 is 2.72 bits per heavy atom. The molecule has 1 aliphatic heterocycles. The van der Waals surface area contributed by atoms with Crippen LogP contribution in [0.2, 0.25) is 0 Å². The van der Waals surface area contributed by atoms with Crippen LogP contribution in [0.15, 0.2) is 52.1 Å². The maximum absolute atomic E-state index is 14.0. The van der Waals surface area contributed by atoms with Crippen LogP contribution in [-0.4, -0.2) is 43.1 Å². The van der Waals surface area contributed by atoms with E-state index < -0.39 is 0 Å². The summed E-state index contributed by atoms with van der Waals surface area (Å²) in [4.78, 5) is 7.29. The molecule has 2 aromatic rings. The normalized spacial score (nSPS) is 22.8. The van der Waals surface area contributed by atoms with Crippen molar-refractivity contribution in [3.8, 4) is 0 Å². The van der Waals surface area contributed by atoms with E-state index in [9.17, 15) is 4.39 Å². The minimum absolute atomic E-state index is 0. The zero-order chi connectivity index (χ0) is 19.3. The molecule has 1 aromatic carbocycles. The number of benzene rings is 1. The minimum Gasteiger partial charge on any atom is -0.468 e. The summed E-state index contributed by atoms with van der Waals surface area (Å²) in [6, 6.07) is 11.4. The van der Waals surface area contributed by atoms with Crippen molar-refractivity contribution in [2.45, 2.75) is 44.2 Å². The smallest absolute Gasteiger partial charge is 0.191 e. The molecule has 0 radical (unpaired) electrons. The second-order valence-electron chi connectivity index (χ2n) is 7.61.